The predicted molar refractivity (Wildman–Crippen MR) is 66.0 cm³/mol. The van der Waals surface area contributed by atoms with Gasteiger partial charge in [-0.25, -0.2) is 4.98 Å². The summed E-state index contributed by atoms with van der Waals surface area (Å²) < 4.78 is 1.74. The Kier molecular flexibility index (Phi) is 2.82. The van der Waals surface area contributed by atoms with Crippen molar-refractivity contribution in [2.45, 2.75) is 13.0 Å². The Bertz CT molecular complexity index is 530. The highest BCUT2D eigenvalue weighted by atomic mass is 16.1. The second-order valence-electron chi connectivity index (χ2n) is 3.86. The minimum absolute atomic E-state index is 0.389. The van der Waals surface area contributed by atoms with Crippen LogP contribution >= 0.6 is 0 Å². The first kappa shape index (κ1) is 11.2. The molecule has 1 amide bonds. The quantitative estimate of drug-likeness (QED) is 0.776. The van der Waals surface area contributed by atoms with Crippen LogP contribution in [0.4, 0.5) is 5.69 Å². The highest BCUT2D eigenvalue weighted by Crippen LogP contribution is 2.21. The Balaban J connectivity index is 2.43. The average Bonchev–Trinajstić information content (AvgIpc) is 2.77. The van der Waals surface area contributed by atoms with Crippen molar-refractivity contribution < 1.29 is 4.79 Å². The fraction of sp³-hybridized carbons (Fsp3) is 0.167. The number of nitrogens with zero attached hydrogens (tertiary/aromatic N) is 2. The maximum Gasteiger partial charge on any atom is 0.240 e. The van der Waals surface area contributed by atoms with Gasteiger partial charge >= 0.3 is 0 Å². The molecule has 1 unspecified atom stereocenters. The smallest absolute Gasteiger partial charge is 0.240 e. The normalized spacial score (nSPS) is 12.3. The van der Waals surface area contributed by atoms with Gasteiger partial charge in [-0.3, -0.25) is 4.79 Å². The lowest BCUT2D eigenvalue weighted by atomic mass is 10.2. The summed E-state index contributed by atoms with van der Waals surface area (Å²) >= 11 is 0. The molecule has 2 aromatic rings. The van der Waals surface area contributed by atoms with E-state index in [1.165, 1.54) is 0 Å². The Hall–Kier alpha value is -2.30. The molecule has 0 bridgehead atoms. The largest absolute Gasteiger partial charge is 0.399 e. The number of anilines is 1. The molecule has 2 rings (SSSR count). The average molecular weight is 230 g/mol. The summed E-state index contributed by atoms with van der Waals surface area (Å²) in [7, 11) is 0. The summed E-state index contributed by atoms with van der Waals surface area (Å²) in [5, 5.41) is 0. The first-order chi connectivity index (χ1) is 8.09. The molecular formula is C12H14N4O. The van der Waals surface area contributed by atoms with Crippen LogP contribution in [0.2, 0.25) is 0 Å². The molecule has 0 saturated heterocycles. The van der Waals surface area contributed by atoms with E-state index in [1.807, 2.05) is 12.1 Å². The first-order valence-corrected chi connectivity index (χ1v) is 5.27. The van der Waals surface area contributed by atoms with Crippen molar-refractivity contribution in [1.82, 2.24) is 9.55 Å². The highest BCUT2D eigenvalue weighted by Gasteiger charge is 2.15. The summed E-state index contributed by atoms with van der Waals surface area (Å²) in [6.45, 7) is 1.74. The number of carbonyl (C=O) groups excluding carboxylic acids is 1. The van der Waals surface area contributed by atoms with Crippen molar-refractivity contribution in [3.8, 4) is 11.4 Å². The lowest BCUT2D eigenvalue weighted by molar-refractivity contribution is -0.120. The standard InChI is InChI=1S/C12H14N4O/c1-8(11(14)17)16-7-6-15-12(16)9-2-4-10(13)5-3-9/h2-8H,13H2,1H3,(H2,14,17). The number of aromatic nitrogens is 2. The number of primary amides is 1. The van der Waals surface area contributed by atoms with Crippen LogP contribution in [-0.2, 0) is 4.79 Å². The molecule has 0 fully saturated rings. The molecule has 0 aliphatic carbocycles. The van der Waals surface area contributed by atoms with Gasteiger partial charge in [-0.05, 0) is 31.2 Å². The Morgan fingerprint density at radius 2 is 2.00 bits per heavy atom. The zero-order valence-corrected chi connectivity index (χ0v) is 9.50. The Morgan fingerprint density at radius 1 is 1.35 bits per heavy atom. The van der Waals surface area contributed by atoms with E-state index in [0.717, 1.165) is 5.56 Å². The van der Waals surface area contributed by atoms with Gasteiger partial charge in [-0.15, -0.1) is 0 Å². The monoisotopic (exact) mass is 230 g/mol. The molecule has 5 nitrogen and oxygen atoms in total. The minimum atomic E-state index is -0.426. The molecular weight excluding hydrogens is 216 g/mol. The van der Waals surface area contributed by atoms with Crippen LogP contribution < -0.4 is 11.5 Å². The van der Waals surface area contributed by atoms with Gasteiger partial charge in [0, 0.05) is 23.6 Å². The van der Waals surface area contributed by atoms with Crippen molar-refractivity contribution >= 4 is 11.6 Å². The number of carbonyl (C=O) groups is 1. The van der Waals surface area contributed by atoms with Gasteiger partial charge in [0.05, 0.1) is 0 Å². The van der Waals surface area contributed by atoms with Crippen LogP contribution in [0.1, 0.15) is 13.0 Å². The van der Waals surface area contributed by atoms with Crippen molar-refractivity contribution in [3.05, 3.63) is 36.7 Å². The first-order valence-electron chi connectivity index (χ1n) is 5.27. The highest BCUT2D eigenvalue weighted by molar-refractivity contribution is 5.78. The zero-order chi connectivity index (χ0) is 12.4. The van der Waals surface area contributed by atoms with E-state index in [0.29, 0.717) is 11.5 Å². The van der Waals surface area contributed by atoms with Gasteiger partial charge in [0.15, 0.2) is 0 Å². The Morgan fingerprint density at radius 3 is 2.59 bits per heavy atom. The van der Waals surface area contributed by atoms with Crippen molar-refractivity contribution in [2.24, 2.45) is 5.73 Å². The lowest BCUT2D eigenvalue weighted by Crippen LogP contribution is -2.24. The number of hydrogen-bond acceptors (Lipinski definition) is 3. The van der Waals surface area contributed by atoms with Gasteiger partial charge in [0.25, 0.3) is 0 Å². The third kappa shape index (κ3) is 2.13. The number of nitrogens with two attached hydrogens (primary N) is 2. The van der Waals surface area contributed by atoms with E-state index in [4.69, 9.17) is 11.5 Å². The maximum absolute atomic E-state index is 11.2. The number of nitrogen functional groups attached to an aromatic ring is 1. The van der Waals surface area contributed by atoms with E-state index in [9.17, 15) is 4.79 Å². The second-order valence-corrected chi connectivity index (χ2v) is 3.86. The number of benzene rings is 1. The molecule has 0 aliphatic heterocycles. The Labute approximate surface area is 99.1 Å². The summed E-state index contributed by atoms with van der Waals surface area (Å²) in [5.74, 6) is 0.316. The molecule has 1 aromatic carbocycles. The number of rotatable bonds is 3. The molecule has 1 aromatic heterocycles. The van der Waals surface area contributed by atoms with Crippen LogP contribution in [0.25, 0.3) is 11.4 Å². The van der Waals surface area contributed by atoms with Crippen molar-refractivity contribution in [3.63, 3.8) is 0 Å². The zero-order valence-electron chi connectivity index (χ0n) is 9.50. The number of amides is 1. The molecule has 88 valence electrons. The molecule has 1 heterocycles. The van der Waals surface area contributed by atoms with E-state index in [-0.39, 0.29) is 5.91 Å². The third-order valence-corrected chi connectivity index (χ3v) is 2.67. The van der Waals surface area contributed by atoms with Crippen molar-refractivity contribution in [1.29, 1.82) is 0 Å². The third-order valence-electron chi connectivity index (χ3n) is 2.67. The van der Waals surface area contributed by atoms with E-state index in [1.54, 1.807) is 36.0 Å². The molecule has 1 atom stereocenters. The fourth-order valence-corrected chi connectivity index (χ4v) is 1.62. The van der Waals surface area contributed by atoms with Gasteiger partial charge in [-0.1, -0.05) is 0 Å². The lowest BCUT2D eigenvalue weighted by Gasteiger charge is -2.12. The molecule has 17 heavy (non-hydrogen) atoms. The van der Waals surface area contributed by atoms with Crippen LogP contribution in [0, 0.1) is 0 Å². The molecule has 5 heteroatoms. The predicted octanol–water partition coefficient (Wildman–Crippen LogP) is 1.18. The topological polar surface area (TPSA) is 86.9 Å². The van der Waals surface area contributed by atoms with E-state index in [2.05, 4.69) is 4.98 Å². The number of hydrogen-bond donors (Lipinski definition) is 2. The summed E-state index contributed by atoms with van der Waals surface area (Å²) in [6.07, 6.45) is 3.38. The summed E-state index contributed by atoms with van der Waals surface area (Å²) in [4.78, 5) is 15.4. The van der Waals surface area contributed by atoms with Gasteiger partial charge in [-0.2, -0.15) is 0 Å². The van der Waals surface area contributed by atoms with Gasteiger partial charge < -0.3 is 16.0 Å². The molecule has 0 aliphatic rings. The SMILES string of the molecule is CC(C(N)=O)n1ccnc1-c1ccc(N)cc1. The molecule has 4 N–H and O–H groups in total. The van der Waals surface area contributed by atoms with Gasteiger partial charge in [0.1, 0.15) is 11.9 Å². The van der Waals surface area contributed by atoms with Crippen LogP contribution in [0.3, 0.4) is 0 Å². The fourth-order valence-electron chi connectivity index (χ4n) is 1.62. The molecule has 0 saturated carbocycles. The van der Waals surface area contributed by atoms with Crippen LogP contribution in [-0.4, -0.2) is 15.5 Å². The molecule has 0 radical (unpaired) electrons. The minimum Gasteiger partial charge on any atom is -0.399 e. The van der Waals surface area contributed by atoms with Crippen molar-refractivity contribution in [2.75, 3.05) is 5.73 Å². The summed E-state index contributed by atoms with van der Waals surface area (Å²) in [6, 6.07) is 6.89. The van der Waals surface area contributed by atoms with E-state index >= 15 is 0 Å². The van der Waals surface area contributed by atoms with Gasteiger partial charge in [0.2, 0.25) is 5.91 Å². The second kappa shape index (κ2) is 4.29. The molecule has 0 spiro atoms. The maximum atomic E-state index is 11.2. The van der Waals surface area contributed by atoms with E-state index < -0.39 is 6.04 Å². The summed E-state index contributed by atoms with van der Waals surface area (Å²) in [5.41, 5.74) is 12.5. The number of imidazole rings is 1. The van der Waals surface area contributed by atoms with Crippen LogP contribution in [0.5, 0.6) is 0 Å². The van der Waals surface area contributed by atoms with Crippen LogP contribution in [0.15, 0.2) is 36.7 Å².